The molecule has 0 bridgehead atoms. The van der Waals surface area contributed by atoms with E-state index < -0.39 is 10.0 Å². The van der Waals surface area contributed by atoms with Gasteiger partial charge in [0.2, 0.25) is 15.9 Å². The maximum Gasteiger partial charge on any atom is 0.231 e. The van der Waals surface area contributed by atoms with Crippen LogP contribution in [0.3, 0.4) is 0 Å². The van der Waals surface area contributed by atoms with Crippen molar-refractivity contribution in [3.63, 3.8) is 0 Å². The molecule has 0 radical (unpaired) electrons. The maximum atomic E-state index is 11.8. The van der Waals surface area contributed by atoms with E-state index in [1.807, 2.05) is 13.8 Å². The van der Waals surface area contributed by atoms with E-state index in [9.17, 15) is 13.2 Å². The van der Waals surface area contributed by atoms with Crippen molar-refractivity contribution in [2.24, 2.45) is 0 Å². The number of likely N-dealkylation sites (N-methyl/N-ethyl adjacent to an activating group) is 1. The van der Waals surface area contributed by atoms with E-state index in [0.29, 0.717) is 23.9 Å². The molecule has 0 aliphatic carbocycles. The third kappa shape index (κ3) is 4.61. The maximum absolute atomic E-state index is 11.8. The highest BCUT2D eigenvalue weighted by atomic mass is 32.2. The van der Waals surface area contributed by atoms with Crippen LogP contribution in [-0.2, 0) is 21.2 Å². The summed E-state index contributed by atoms with van der Waals surface area (Å²) >= 11 is 1.17. The van der Waals surface area contributed by atoms with E-state index in [0.717, 1.165) is 6.26 Å². The molecule has 0 atom stereocenters. The molecule has 6 nitrogen and oxygen atoms in total. The number of hydrogen-bond donors (Lipinski definition) is 1. The quantitative estimate of drug-likeness (QED) is 0.845. The Balaban J connectivity index is 2.67. The average molecular weight is 291 g/mol. The molecule has 1 aromatic rings. The van der Waals surface area contributed by atoms with Crippen LogP contribution in [0.25, 0.3) is 0 Å². The van der Waals surface area contributed by atoms with E-state index in [2.05, 4.69) is 9.71 Å². The van der Waals surface area contributed by atoms with Gasteiger partial charge >= 0.3 is 0 Å². The summed E-state index contributed by atoms with van der Waals surface area (Å²) in [4.78, 5) is 17.6. The number of amides is 1. The van der Waals surface area contributed by atoms with Crippen molar-refractivity contribution in [3.05, 3.63) is 11.1 Å². The summed E-state index contributed by atoms with van der Waals surface area (Å²) in [5, 5.41) is 1.98. The lowest BCUT2D eigenvalue weighted by Crippen LogP contribution is -2.31. The highest BCUT2D eigenvalue weighted by molar-refractivity contribution is 7.92. The van der Waals surface area contributed by atoms with Crippen LogP contribution in [-0.4, -0.2) is 43.6 Å². The van der Waals surface area contributed by atoms with Gasteiger partial charge in [0, 0.05) is 18.5 Å². The number of nitrogens with zero attached hydrogens (tertiary/aromatic N) is 2. The Hall–Kier alpha value is -1.15. The zero-order chi connectivity index (χ0) is 13.8. The molecule has 0 saturated heterocycles. The van der Waals surface area contributed by atoms with Gasteiger partial charge in [0.15, 0.2) is 5.13 Å². The van der Waals surface area contributed by atoms with Gasteiger partial charge in [-0.1, -0.05) is 0 Å². The minimum Gasteiger partial charge on any atom is -0.343 e. The Morgan fingerprint density at radius 2 is 2.06 bits per heavy atom. The first-order chi connectivity index (χ1) is 8.35. The van der Waals surface area contributed by atoms with Crippen molar-refractivity contribution in [1.29, 1.82) is 0 Å². The summed E-state index contributed by atoms with van der Waals surface area (Å²) in [7, 11) is -3.32. The highest BCUT2D eigenvalue weighted by Crippen LogP contribution is 2.17. The van der Waals surface area contributed by atoms with Crippen molar-refractivity contribution in [2.45, 2.75) is 20.3 Å². The molecule has 1 heterocycles. The first kappa shape index (κ1) is 14.9. The molecular formula is C10H17N3O3S2. The summed E-state index contributed by atoms with van der Waals surface area (Å²) in [5.74, 6) is -0.00351. The molecule has 0 fully saturated rings. The predicted octanol–water partition coefficient (Wildman–Crippen LogP) is 0.925. The molecule has 1 rings (SSSR count). The fourth-order valence-corrected chi connectivity index (χ4v) is 3.00. The van der Waals surface area contributed by atoms with Gasteiger partial charge in [0.1, 0.15) is 0 Å². The second-order valence-electron chi connectivity index (χ2n) is 3.76. The summed E-state index contributed by atoms with van der Waals surface area (Å²) in [6, 6.07) is 0. The Labute approximate surface area is 111 Å². The number of carbonyl (C=O) groups excluding carboxylic acids is 1. The van der Waals surface area contributed by atoms with Crippen LogP contribution in [0.4, 0.5) is 5.13 Å². The molecule has 102 valence electrons. The van der Waals surface area contributed by atoms with E-state index in [1.165, 1.54) is 11.3 Å². The van der Waals surface area contributed by atoms with E-state index in [4.69, 9.17) is 0 Å². The molecule has 1 aromatic heterocycles. The van der Waals surface area contributed by atoms with Gasteiger partial charge in [-0.2, -0.15) is 0 Å². The Morgan fingerprint density at radius 3 is 2.56 bits per heavy atom. The molecule has 1 amide bonds. The predicted molar refractivity (Wildman–Crippen MR) is 72.2 cm³/mol. The number of hydrogen-bond acceptors (Lipinski definition) is 5. The monoisotopic (exact) mass is 291 g/mol. The van der Waals surface area contributed by atoms with Gasteiger partial charge in [-0.15, -0.1) is 11.3 Å². The van der Waals surface area contributed by atoms with E-state index in [1.54, 1.807) is 10.3 Å². The normalized spacial score (nSPS) is 11.3. The third-order valence-corrected chi connectivity index (χ3v) is 3.77. The van der Waals surface area contributed by atoms with Gasteiger partial charge in [-0.25, -0.2) is 13.4 Å². The Kier molecular flexibility index (Phi) is 5.09. The van der Waals surface area contributed by atoms with Crippen LogP contribution in [0.1, 0.15) is 19.5 Å². The van der Waals surface area contributed by atoms with Crippen molar-refractivity contribution >= 4 is 32.4 Å². The zero-order valence-corrected chi connectivity index (χ0v) is 12.3. The fourth-order valence-electron chi connectivity index (χ4n) is 1.44. The third-order valence-electron chi connectivity index (χ3n) is 2.27. The molecule has 8 heteroatoms. The molecule has 0 aromatic carbocycles. The largest absolute Gasteiger partial charge is 0.343 e. The molecule has 0 spiro atoms. The number of carbonyl (C=O) groups is 1. The van der Waals surface area contributed by atoms with Crippen LogP contribution in [0.5, 0.6) is 0 Å². The van der Waals surface area contributed by atoms with E-state index >= 15 is 0 Å². The number of nitrogens with one attached hydrogen (secondary N) is 1. The van der Waals surface area contributed by atoms with Crippen molar-refractivity contribution < 1.29 is 13.2 Å². The van der Waals surface area contributed by atoms with Crippen molar-refractivity contribution in [1.82, 2.24) is 9.88 Å². The molecule has 0 unspecified atom stereocenters. The van der Waals surface area contributed by atoms with E-state index in [-0.39, 0.29) is 12.3 Å². The summed E-state index contributed by atoms with van der Waals surface area (Å²) in [5.41, 5.74) is 0.586. The number of thiazole rings is 1. The molecular weight excluding hydrogens is 274 g/mol. The lowest BCUT2D eigenvalue weighted by molar-refractivity contribution is -0.130. The van der Waals surface area contributed by atoms with Gasteiger partial charge in [0.05, 0.1) is 18.4 Å². The first-order valence-electron chi connectivity index (χ1n) is 5.55. The average Bonchev–Trinajstić information content (AvgIpc) is 2.64. The smallest absolute Gasteiger partial charge is 0.231 e. The topological polar surface area (TPSA) is 79.4 Å². The van der Waals surface area contributed by atoms with Crippen LogP contribution in [0.2, 0.25) is 0 Å². The first-order valence-corrected chi connectivity index (χ1v) is 8.32. The lowest BCUT2D eigenvalue weighted by Gasteiger charge is -2.17. The minimum atomic E-state index is -3.32. The number of sulfonamides is 1. The minimum absolute atomic E-state index is 0.00351. The second-order valence-corrected chi connectivity index (χ2v) is 6.37. The van der Waals surface area contributed by atoms with Gasteiger partial charge in [0.25, 0.3) is 0 Å². The Bertz CT molecular complexity index is 506. The lowest BCUT2D eigenvalue weighted by atomic mass is 10.3. The zero-order valence-electron chi connectivity index (χ0n) is 10.6. The Morgan fingerprint density at radius 1 is 1.44 bits per heavy atom. The highest BCUT2D eigenvalue weighted by Gasteiger charge is 2.13. The van der Waals surface area contributed by atoms with Crippen LogP contribution < -0.4 is 4.72 Å². The van der Waals surface area contributed by atoms with Crippen molar-refractivity contribution in [3.8, 4) is 0 Å². The SMILES string of the molecule is CCN(CC)C(=O)Cc1csc(NS(C)(=O)=O)n1. The summed E-state index contributed by atoms with van der Waals surface area (Å²) in [6.45, 7) is 5.15. The fraction of sp³-hybridized carbons (Fsp3) is 0.600. The molecule has 0 aliphatic rings. The summed E-state index contributed by atoms with van der Waals surface area (Å²) in [6.07, 6.45) is 1.26. The molecule has 0 aliphatic heterocycles. The van der Waals surface area contributed by atoms with Gasteiger partial charge in [-0.05, 0) is 13.8 Å². The molecule has 1 N–H and O–H groups in total. The van der Waals surface area contributed by atoms with Gasteiger partial charge < -0.3 is 4.90 Å². The van der Waals surface area contributed by atoms with Crippen LogP contribution in [0, 0.1) is 0 Å². The van der Waals surface area contributed by atoms with Crippen LogP contribution >= 0.6 is 11.3 Å². The second kappa shape index (κ2) is 6.14. The van der Waals surface area contributed by atoms with Crippen LogP contribution in [0.15, 0.2) is 5.38 Å². The number of anilines is 1. The van der Waals surface area contributed by atoms with Crippen molar-refractivity contribution in [2.75, 3.05) is 24.1 Å². The standard InChI is InChI=1S/C10H17N3O3S2/c1-4-13(5-2)9(14)6-8-7-17-10(11-8)12-18(3,15)16/h7H,4-6H2,1-3H3,(H,11,12). The molecule has 0 saturated carbocycles. The molecule has 18 heavy (non-hydrogen) atoms. The van der Waals surface area contributed by atoms with Gasteiger partial charge in [-0.3, -0.25) is 9.52 Å². The number of aromatic nitrogens is 1. The summed E-state index contributed by atoms with van der Waals surface area (Å²) < 4.78 is 24.3. The number of rotatable bonds is 6.